The van der Waals surface area contributed by atoms with Gasteiger partial charge in [0.1, 0.15) is 11.5 Å². The SMILES string of the molecule is N#Cc1ccccc1-c1ccc(/C=N/NC(=O)c2ccccc2Br)o1. The van der Waals surface area contributed by atoms with Crippen LogP contribution in [0.2, 0.25) is 0 Å². The van der Waals surface area contributed by atoms with E-state index in [2.05, 4.69) is 32.5 Å². The van der Waals surface area contributed by atoms with E-state index < -0.39 is 0 Å². The topological polar surface area (TPSA) is 78.4 Å². The highest BCUT2D eigenvalue weighted by Crippen LogP contribution is 2.24. The van der Waals surface area contributed by atoms with Crippen molar-refractivity contribution < 1.29 is 9.21 Å². The predicted molar refractivity (Wildman–Crippen MR) is 98.1 cm³/mol. The summed E-state index contributed by atoms with van der Waals surface area (Å²) in [6.07, 6.45) is 1.41. The van der Waals surface area contributed by atoms with Crippen LogP contribution in [0.5, 0.6) is 0 Å². The molecule has 0 fully saturated rings. The van der Waals surface area contributed by atoms with Crippen molar-refractivity contribution in [2.75, 3.05) is 0 Å². The van der Waals surface area contributed by atoms with Crippen LogP contribution in [0, 0.1) is 11.3 Å². The minimum atomic E-state index is -0.328. The maximum absolute atomic E-state index is 12.0. The molecule has 122 valence electrons. The first-order valence-electron chi connectivity index (χ1n) is 7.36. The van der Waals surface area contributed by atoms with Crippen LogP contribution in [-0.4, -0.2) is 12.1 Å². The Bertz CT molecular complexity index is 986. The lowest BCUT2D eigenvalue weighted by Gasteiger charge is -2.01. The summed E-state index contributed by atoms with van der Waals surface area (Å²) in [5, 5.41) is 13.1. The lowest BCUT2D eigenvalue weighted by atomic mass is 10.1. The molecule has 1 N–H and O–H groups in total. The van der Waals surface area contributed by atoms with Gasteiger partial charge < -0.3 is 4.42 Å². The smallest absolute Gasteiger partial charge is 0.272 e. The number of nitriles is 1. The van der Waals surface area contributed by atoms with Crippen molar-refractivity contribution in [2.45, 2.75) is 0 Å². The summed E-state index contributed by atoms with van der Waals surface area (Å²) in [4.78, 5) is 12.0. The molecule has 2 aromatic carbocycles. The number of hydrogen-bond donors (Lipinski definition) is 1. The Morgan fingerprint density at radius 1 is 1.12 bits per heavy atom. The molecule has 25 heavy (non-hydrogen) atoms. The van der Waals surface area contributed by atoms with Crippen LogP contribution < -0.4 is 5.43 Å². The average molecular weight is 394 g/mol. The van der Waals surface area contributed by atoms with E-state index in [4.69, 9.17) is 9.68 Å². The Balaban J connectivity index is 1.72. The molecule has 0 aliphatic carbocycles. The second-order valence-corrected chi connectivity index (χ2v) is 5.89. The van der Waals surface area contributed by atoms with Crippen molar-refractivity contribution in [2.24, 2.45) is 5.10 Å². The van der Waals surface area contributed by atoms with Gasteiger partial charge in [0, 0.05) is 10.0 Å². The molecule has 0 aliphatic heterocycles. The van der Waals surface area contributed by atoms with E-state index in [-0.39, 0.29) is 5.91 Å². The fourth-order valence-corrected chi connectivity index (χ4v) is 2.69. The highest BCUT2D eigenvalue weighted by molar-refractivity contribution is 9.10. The van der Waals surface area contributed by atoms with Gasteiger partial charge in [-0.05, 0) is 52.3 Å². The molecule has 3 aromatic rings. The lowest BCUT2D eigenvalue weighted by Crippen LogP contribution is -2.17. The number of rotatable bonds is 4. The molecule has 0 unspecified atom stereocenters. The third kappa shape index (κ3) is 3.84. The summed E-state index contributed by atoms with van der Waals surface area (Å²) < 4.78 is 6.35. The molecule has 6 heteroatoms. The van der Waals surface area contributed by atoms with Gasteiger partial charge in [-0.2, -0.15) is 10.4 Å². The first-order valence-corrected chi connectivity index (χ1v) is 8.15. The van der Waals surface area contributed by atoms with Gasteiger partial charge in [0.15, 0.2) is 0 Å². The van der Waals surface area contributed by atoms with Crippen LogP contribution in [0.15, 0.2) is 74.7 Å². The van der Waals surface area contributed by atoms with Crippen LogP contribution in [0.1, 0.15) is 21.7 Å². The number of amides is 1. The Kier molecular flexibility index (Phi) is 5.07. The van der Waals surface area contributed by atoms with E-state index >= 15 is 0 Å². The van der Waals surface area contributed by atoms with Gasteiger partial charge in [0.25, 0.3) is 5.91 Å². The van der Waals surface area contributed by atoms with Crippen molar-refractivity contribution in [3.05, 3.63) is 82.0 Å². The first kappa shape index (κ1) is 16.7. The normalized spacial score (nSPS) is 10.6. The number of carbonyl (C=O) groups excluding carboxylic acids is 1. The zero-order valence-electron chi connectivity index (χ0n) is 12.9. The maximum Gasteiger partial charge on any atom is 0.272 e. The fraction of sp³-hybridized carbons (Fsp3) is 0. The molecule has 0 atom stereocenters. The minimum Gasteiger partial charge on any atom is -0.455 e. The third-order valence-corrected chi connectivity index (χ3v) is 4.11. The van der Waals surface area contributed by atoms with Crippen molar-refractivity contribution >= 4 is 28.1 Å². The second kappa shape index (κ2) is 7.60. The Hall–Kier alpha value is -3.17. The van der Waals surface area contributed by atoms with Gasteiger partial charge in [0.2, 0.25) is 0 Å². The quantitative estimate of drug-likeness (QED) is 0.528. The molecule has 0 radical (unpaired) electrons. The summed E-state index contributed by atoms with van der Waals surface area (Å²) in [7, 11) is 0. The van der Waals surface area contributed by atoms with E-state index in [1.165, 1.54) is 6.21 Å². The first-order chi connectivity index (χ1) is 12.2. The number of hydrogen-bond acceptors (Lipinski definition) is 4. The van der Waals surface area contributed by atoms with Crippen molar-refractivity contribution in [1.82, 2.24) is 5.43 Å². The molecule has 0 saturated heterocycles. The molecule has 0 saturated carbocycles. The fourth-order valence-electron chi connectivity index (χ4n) is 2.22. The van der Waals surface area contributed by atoms with Crippen LogP contribution in [0.25, 0.3) is 11.3 Å². The summed E-state index contributed by atoms with van der Waals surface area (Å²) >= 11 is 3.32. The van der Waals surface area contributed by atoms with Crippen LogP contribution >= 0.6 is 15.9 Å². The molecule has 0 aliphatic rings. The molecule has 3 rings (SSSR count). The van der Waals surface area contributed by atoms with Gasteiger partial charge in [-0.3, -0.25) is 4.79 Å². The standard InChI is InChI=1S/C19H12BrN3O2/c20-17-8-4-3-7-16(17)19(24)23-22-12-14-9-10-18(25-14)15-6-2-1-5-13(15)11-21/h1-10,12H,(H,23,24)/b22-12+. The summed E-state index contributed by atoms with van der Waals surface area (Å²) in [5.41, 5.74) is 4.18. The number of hydrazone groups is 1. The number of nitrogens with zero attached hydrogens (tertiary/aromatic N) is 2. The molecule has 1 amide bonds. The van der Waals surface area contributed by atoms with Gasteiger partial charge in [0.05, 0.1) is 23.4 Å². The number of carbonyl (C=O) groups is 1. The highest BCUT2D eigenvalue weighted by atomic mass is 79.9. The van der Waals surface area contributed by atoms with E-state index in [1.807, 2.05) is 18.2 Å². The van der Waals surface area contributed by atoms with E-state index in [0.717, 1.165) is 0 Å². The molecular formula is C19H12BrN3O2. The van der Waals surface area contributed by atoms with Crippen LogP contribution in [-0.2, 0) is 0 Å². The summed E-state index contributed by atoms with van der Waals surface area (Å²) in [6, 6.07) is 19.9. The number of halogens is 1. The average Bonchev–Trinajstić information content (AvgIpc) is 3.10. The monoisotopic (exact) mass is 393 g/mol. The molecule has 5 nitrogen and oxygen atoms in total. The van der Waals surface area contributed by atoms with Crippen LogP contribution in [0.3, 0.4) is 0 Å². The van der Waals surface area contributed by atoms with Gasteiger partial charge in [-0.15, -0.1) is 0 Å². The summed E-state index contributed by atoms with van der Waals surface area (Å²) in [5.74, 6) is 0.705. The number of furan rings is 1. The van der Waals surface area contributed by atoms with E-state index in [0.29, 0.717) is 32.7 Å². The largest absolute Gasteiger partial charge is 0.455 e. The molecule has 0 spiro atoms. The molecule has 0 bridgehead atoms. The zero-order chi connectivity index (χ0) is 17.6. The zero-order valence-corrected chi connectivity index (χ0v) is 14.5. The Morgan fingerprint density at radius 3 is 2.68 bits per heavy atom. The summed E-state index contributed by atoms with van der Waals surface area (Å²) in [6.45, 7) is 0. The third-order valence-electron chi connectivity index (χ3n) is 3.42. The Morgan fingerprint density at radius 2 is 1.88 bits per heavy atom. The number of benzene rings is 2. The molecule has 1 aromatic heterocycles. The van der Waals surface area contributed by atoms with Gasteiger partial charge >= 0.3 is 0 Å². The van der Waals surface area contributed by atoms with Gasteiger partial charge in [-0.25, -0.2) is 5.43 Å². The van der Waals surface area contributed by atoms with Crippen molar-refractivity contribution in [1.29, 1.82) is 5.26 Å². The minimum absolute atomic E-state index is 0.328. The molecule has 1 heterocycles. The predicted octanol–water partition coefficient (Wildman–Crippen LogP) is 4.34. The van der Waals surface area contributed by atoms with E-state index in [9.17, 15) is 4.79 Å². The maximum atomic E-state index is 12.0. The molecular weight excluding hydrogens is 382 g/mol. The lowest BCUT2D eigenvalue weighted by molar-refractivity contribution is 0.0954. The van der Waals surface area contributed by atoms with Crippen LogP contribution in [0.4, 0.5) is 0 Å². The number of nitrogens with one attached hydrogen (secondary N) is 1. The highest BCUT2D eigenvalue weighted by Gasteiger charge is 2.09. The van der Waals surface area contributed by atoms with Crippen molar-refractivity contribution in [3.63, 3.8) is 0 Å². The van der Waals surface area contributed by atoms with Gasteiger partial charge in [-0.1, -0.05) is 24.3 Å². The van der Waals surface area contributed by atoms with E-state index in [1.54, 1.807) is 42.5 Å². The second-order valence-electron chi connectivity index (χ2n) is 5.04. The van der Waals surface area contributed by atoms with Crippen molar-refractivity contribution in [3.8, 4) is 17.4 Å². The Labute approximate surface area is 152 Å².